The van der Waals surface area contributed by atoms with Gasteiger partial charge in [-0.3, -0.25) is 0 Å². The Labute approximate surface area is 85.5 Å². The molecular formula is C9H9ClO2S. The van der Waals surface area contributed by atoms with Crippen molar-refractivity contribution in [3.63, 3.8) is 0 Å². The predicted molar refractivity (Wildman–Crippen MR) is 55.2 cm³/mol. The molecule has 0 unspecified atom stereocenters. The minimum atomic E-state index is -0.915. The smallest absolute Gasteiger partial charge is 0.328 e. The summed E-state index contributed by atoms with van der Waals surface area (Å²) in [6, 6.07) is 3.61. The maximum Gasteiger partial charge on any atom is 0.328 e. The van der Waals surface area contributed by atoms with Crippen molar-refractivity contribution in [1.82, 2.24) is 0 Å². The van der Waals surface area contributed by atoms with Gasteiger partial charge in [-0.15, -0.1) is 11.3 Å². The fraction of sp³-hybridized carbons (Fsp3) is 0.222. The standard InChI is InChI=1S/C9H9ClO2S/c1-2-6(5-9(11)12)7-3-4-8(10)13-7/h3-5H,2H2,1H3,(H,11,12)/b6-5+. The lowest BCUT2D eigenvalue weighted by atomic mass is 10.1. The van der Waals surface area contributed by atoms with E-state index < -0.39 is 5.97 Å². The van der Waals surface area contributed by atoms with Gasteiger partial charge in [0.1, 0.15) is 0 Å². The second-order valence-electron chi connectivity index (χ2n) is 2.47. The number of rotatable bonds is 3. The number of carboxylic acid groups (broad SMARTS) is 1. The Morgan fingerprint density at radius 1 is 1.69 bits per heavy atom. The van der Waals surface area contributed by atoms with Gasteiger partial charge in [-0.2, -0.15) is 0 Å². The molecule has 4 heteroatoms. The normalized spacial score (nSPS) is 11.7. The molecule has 0 amide bonds. The molecule has 0 spiro atoms. The average molecular weight is 217 g/mol. The van der Waals surface area contributed by atoms with Crippen molar-refractivity contribution in [2.45, 2.75) is 13.3 Å². The van der Waals surface area contributed by atoms with E-state index in [2.05, 4.69) is 0 Å². The first-order valence-corrected chi connectivity index (χ1v) is 5.02. The number of thiophene rings is 1. The second-order valence-corrected chi connectivity index (χ2v) is 4.18. The first-order chi connectivity index (χ1) is 6.13. The van der Waals surface area contributed by atoms with E-state index in [9.17, 15) is 4.79 Å². The number of hydrogen-bond acceptors (Lipinski definition) is 2. The number of allylic oxidation sites excluding steroid dienone is 1. The molecule has 0 aromatic carbocycles. The summed E-state index contributed by atoms with van der Waals surface area (Å²) < 4.78 is 0.680. The molecule has 1 rings (SSSR count). The van der Waals surface area contributed by atoms with Crippen molar-refractivity contribution < 1.29 is 9.90 Å². The van der Waals surface area contributed by atoms with Gasteiger partial charge in [0.25, 0.3) is 0 Å². The molecule has 13 heavy (non-hydrogen) atoms. The van der Waals surface area contributed by atoms with E-state index in [1.54, 1.807) is 6.07 Å². The van der Waals surface area contributed by atoms with Crippen LogP contribution in [0.15, 0.2) is 18.2 Å². The van der Waals surface area contributed by atoms with Crippen molar-refractivity contribution in [1.29, 1.82) is 0 Å². The molecule has 0 aliphatic carbocycles. The minimum absolute atomic E-state index is 0.680. The maximum atomic E-state index is 10.4. The van der Waals surface area contributed by atoms with Crippen LogP contribution in [0.25, 0.3) is 5.57 Å². The Morgan fingerprint density at radius 2 is 2.38 bits per heavy atom. The van der Waals surface area contributed by atoms with Crippen LogP contribution in [-0.2, 0) is 4.79 Å². The van der Waals surface area contributed by atoms with Crippen molar-refractivity contribution in [2.75, 3.05) is 0 Å². The van der Waals surface area contributed by atoms with Crippen molar-refractivity contribution >= 4 is 34.5 Å². The molecule has 1 heterocycles. The van der Waals surface area contributed by atoms with Crippen LogP contribution in [0, 0.1) is 0 Å². The lowest BCUT2D eigenvalue weighted by molar-refractivity contribution is -0.131. The average Bonchev–Trinajstić information content (AvgIpc) is 2.47. The molecule has 1 N–H and O–H groups in total. The van der Waals surface area contributed by atoms with E-state index in [0.717, 1.165) is 10.5 Å². The Hall–Kier alpha value is -0.800. The van der Waals surface area contributed by atoms with E-state index in [1.165, 1.54) is 17.4 Å². The fourth-order valence-corrected chi connectivity index (χ4v) is 2.11. The highest BCUT2D eigenvalue weighted by molar-refractivity contribution is 7.17. The van der Waals surface area contributed by atoms with Crippen LogP contribution < -0.4 is 0 Å². The van der Waals surface area contributed by atoms with Crippen LogP contribution >= 0.6 is 22.9 Å². The lowest BCUT2D eigenvalue weighted by Crippen LogP contribution is -1.89. The summed E-state index contributed by atoms with van der Waals surface area (Å²) in [7, 11) is 0. The molecule has 0 saturated heterocycles. The Morgan fingerprint density at radius 3 is 2.77 bits per heavy atom. The molecule has 0 fully saturated rings. The Kier molecular flexibility index (Phi) is 3.51. The maximum absolute atomic E-state index is 10.4. The van der Waals surface area contributed by atoms with Crippen molar-refractivity contribution in [3.05, 3.63) is 27.4 Å². The van der Waals surface area contributed by atoms with Crippen LogP contribution in [0.5, 0.6) is 0 Å². The summed E-state index contributed by atoms with van der Waals surface area (Å²) in [5, 5.41) is 8.58. The Balaban J connectivity index is 2.97. The zero-order valence-corrected chi connectivity index (χ0v) is 8.65. The van der Waals surface area contributed by atoms with E-state index in [4.69, 9.17) is 16.7 Å². The molecule has 2 nitrogen and oxygen atoms in total. The van der Waals surface area contributed by atoms with Gasteiger partial charge in [0.15, 0.2) is 0 Å². The summed E-state index contributed by atoms with van der Waals surface area (Å²) in [6.45, 7) is 1.92. The zero-order valence-electron chi connectivity index (χ0n) is 7.08. The van der Waals surface area contributed by atoms with Gasteiger partial charge < -0.3 is 5.11 Å². The van der Waals surface area contributed by atoms with Gasteiger partial charge in [0, 0.05) is 11.0 Å². The van der Waals surface area contributed by atoms with Gasteiger partial charge in [0.05, 0.1) is 4.34 Å². The second kappa shape index (κ2) is 4.44. The molecule has 70 valence electrons. The van der Waals surface area contributed by atoms with E-state index >= 15 is 0 Å². The quantitative estimate of drug-likeness (QED) is 0.788. The van der Waals surface area contributed by atoms with Gasteiger partial charge in [-0.1, -0.05) is 18.5 Å². The third kappa shape index (κ3) is 2.86. The number of carboxylic acids is 1. The summed E-state index contributed by atoms with van der Waals surface area (Å²) >= 11 is 7.14. The van der Waals surface area contributed by atoms with E-state index in [1.807, 2.05) is 13.0 Å². The van der Waals surface area contributed by atoms with Crippen molar-refractivity contribution in [2.24, 2.45) is 0 Å². The van der Waals surface area contributed by atoms with Crippen LogP contribution in [0.4, 0.5) is 0 Å². The molecular weight excluding hydrogens is 208 g/mol. The summed E-state index contributed by atoms with van der Waals surface area (Å²) in [5.74, 6) is -0.915. The first-order valence-electron chi connectivity index (χ1n) is 3.82. The van der Waals surface area contributed by atoms with E-state index in [0.29, 0.717) is 10.8 Å². The molecule has 0 atom stereocenters. The van der Waals surface area contributed by atoms with Crippen LogP contribution in [0.2, 0.25) is 4.34 Å². The zero-order chi connectivity index (χ0) is 9.84. The highest BCUT2D eigenvalue weighted by atomic mass is 35.5. The highest BCUT2D eigenvalue weighted by Crippen LogP contribution is 2.29. The molecule has 0 saturated carbocycles. The number of halogens is 1. The van der Waals surface area contributed by atoms with Gasteiger partial charge in [-0.25, -0.2) is 4.79 Å². The fourth-order valence-electron chi connectivity index (χ4n) is 0.983. The van der Waals surface area contributed by atoms with Gasteiger partial charge >= 0.3 is 5.97 Å². The lowest BCUT2D eigenvalue weighted by Gasteiger charge is -1.97. The summed E-state index contributed by atoms with van der Waals surface area (Å²) in [5.41, 5.74) is 0.810. The van der Waals surface area contributed by atoms with Crippen LogP contribution in [0.3, 0.4) is 0 Å². The third-order valence-corrected chi connectivity index (χ3v) is 2.88. The molecule has 0 aliphatic rings. The van der Waals surface area contributed by atoms with Crippen LogP contribution in [0.1, 0.15) is 18.2 Å². The molecule has 1 aromatic heterocycles. The molecule has 0 radical (unpaired) electrons. The van der Waals surface area contributed by atoms with E-state index in [-0.39, 0.29) is 0 Å². The monoisotopic (exact) mass is 216 g/mol. The van der Waals surface area contributed by atoms with Gasteiger partial charge in [0.2, 0.25) is 0 Å². The van der Waals surface area contributed by atoms with Crippen LogP contribution in [-0.4, -0.2) is 11.1 Å². The van der Waals surface area contributed by atoms with Crippen molar-refractivity contribution in [3.8, 4) is 0 Å². The molecule has 0 aliphatic heterocycles. The Bertz CT molecular complexity index is 341. The molecule has 1 aromatic rings. The summed E-state index contributed by atoms with van der Waals surface area (Å²) in [4.78, 5) is 11.4. The largest absolute Gasteiger partial charge is 0.478 e. The SMILES string of the molecule is CC/C(=C\C(=O)O)c1ccc(Cl)s1. The number of hydrogen-bond donors (Lipinski definition) is 1. The predicted octanol–water partition coefficient (Wildman–Crippen LogP) is 3.28. The number of carbonyl (C=O) groups is 1. The topological polar surface area (TPSA) is 37.3 Å². The minimum Gasteiger partial charge on any atom is -0.478 e. The highest BCUT2D eigenvalue weighted by Gasteiger charge is 2.04. The summed E-state index contributed by atoms with van der Waals surface area (Å²) in [6.07, 6.45) is 1.92. The molecule has 0 bridgehead atoms. The van der Waals surface area contributed by atoms with Gasteiger partial charge in [-0.05, 0) is 24.1 Å². The first kappa shape index (κ1) is 10.3. The third-order valence-electron chi connectivity index (χ3n) is 1.57. The number of aliphatic carboxylic acids is 1.